The van der Waals surface area contributed by atoms with Crippen LogP contribution in [0.25, 0.3) is 10.9 Å². The molecule has 0 fully saturated rings. The van der Waals surface area contributed by atoms with Crippen LogP contribution < -0.4 is 9.47 Å². The number of rotatable bonds is 7. The van der Waals surface area contributed by atoms with E-state index in [1.54, 1.807) is 53.9 Å². The fourth-order valence-electron chi connectivity index (χ4n) is 2.81. The molecule has 0 aliphatic carbocycles. The topological polar surface area (TPSA) is 87.5 Å². The van der Waals surface area contributed by atoms with E-state index >= 15 is 0 Å². The Morgan fingerprint density at radius 2 is 1.93 bits per heavy atom. The first-order valence-corrected chi connectivity index (χ1v) is 11.4. The predicted molar refractivity (Wildman–Crippen MR) is 114 cm³/mol. The van der Waals surface area contributed by atoms with Gasteiger partial charge in [-0.15, -0.1) is 20.5 Å². The monoisotopic (exact) mass is 462 g/mol. The van der Waals surface area contributed by atoms with Crippen molar-refractivity contribution in [3.63, 3.8) is 0 Å². The Labute approximate surface area is 181 Å². The standard InChI is InChI=1S/C20H15ClN2O5S2/c1-27-15-8-9-17-16(11-15)20(22-23(17)30(25,26)19-3-2-10-29-19)28-12-18(24)13-4-6-14(21)7-5-13/h2-11H,12H2,1H3. The summed E-state index contributed by atoms with van der Waals surface area (Å²) in [5.74, 6) is 0.231. The Balaban J connectivity index is 1.72. The average molecular weight is 463 g/mol. The molecule has 30 heavy (non-hydrogen) atoms. The van der Waals surface area contributed by atoms with Crippen LogP contribution in [0.2, 0.25) is 5.02 Å². The summed E-state index contributed by atoms with van der Waals surface area (Å²) < 4.78 is 37.9. The number of carbonyl (C=O) groups is 1. The van der Waals surface area contributed by atoms with Gasteiger partial charge in [0.1, 0.15) is 9.96 Å². The third-order valence-electron chi connectivity index (χ3n) is 4.31. The minimum atomic E-state index is -3.91. The van der Waals surface area contributed by atoms with Crippen LogP contribution in [0.3, 0.4) is 0 Å². The van der Waals surface area contributed by atoms with E-state index in [4.69, 9.17) is 21.1 Å². The largest absolute Gasteiger partial charge is 0.497 e. The molecule has 2 aromatic carbocycles. The first-order chi connectivity index (χ1) is 14.4. The maximum atomic E-state index is 13.0. The molecule has 4 aromatic rings. The van der Waals surface area contributed by atoms with Gasteiger partial charge in [0.15, 0.2) is 12.4 Å². The Morgan fingerprint density at radius 3 is 2.60 bits per heavy atom. The molecule has 0 aliphatic rings. The fourth-order valence-corrected chi connectivity index (χ4v) is 5.27. The van der Waals surface area contributed by atoms with Crippen LogP contribution in [0.1, 0.15) is 10.4 Å². The second-order valence-corrected chi connectivity index (χ2v) is 9.57. The smallest absolute Gasteiger partial charge is 0.293 e. The van der Waals surface area contributed by atoms with Gasteiger partial charge in [0.2, 0.25) is 5.88 Å². The second-order valence-electron chi connectivity index (χ2n) is 6.19. The van der Waals surface area contributed by atoms with E-state index in [1.165, 1.54) is 13.2 Å². The lowest BCUT2D eigenvalue weighted by Crippen LogP contribution is -2.14. The number of ketones is 1. The number of nitrogens with zero attached hydrogens (tertiary/aromatic N) is 2. The van der Waals surface area contributed by atoms with Gasteiger partial charge in [-0.2, -0.15) is 8.42 Å². The van der Waals surface area contributed by atoms with Crippen molar-refractivity contribution in [1.82, 2.24) is 9.19 Å². The molecule has 0 N–H and O–H groups in total. The molecule has 0 atom stereocenters. The molecule has 0 unspecified atom stereocenters. The number of hydrogen-bond acceptors (Lipinski definition) is 7. The summed E-state index contributed by atoms with van der Waals surface area (Å²) in [5, 5.41) is 6.76. The number of carbonyl (C=O) groups excluding carboxylic acids is 1. The first kappa shape index (κ1) is 20.4. The molecule has 0 radical (unpaired) electrons. The summed E-state index contributed by atoms with van der Waals surface area (Å²) in [4.78, 5) is 12.4. The third-order valence-corrected chi connectivity index (χ3v) is 7.52. The lowest BCUT2D eigenvalue weighted by Gasteiger charge is -2.04. The zero-order chi connectivity index (χ0) is 21.3. The van der Waals surface area contributed by atoms with Crippen molar-refractivity contribution in [3.8, 4) is 11.6 Å². The molecular weight excluding hydrogens is 448 g/mol. The molecule has 0 amide bonds. The predicted octanol–water partition coefficient (Wildman–Crippen LogP) is 4.26. The summed E-state index contributed by atoms with van der Waals surface area (Å²) in [6.07, 6.45) is 0. The van der Waals surface area contributed by atoms with E-state index in [0.29, 0.717) is 27.2 Å². The molecule has 4 rings (SSSR count). The van der Waals surface area contributed by atoms with Gasteiger partial charge in [0.05, 0.1) is 18.0 Å². The summed E-state index contributed by atoms with van der Waals surface area (Å²) in [5.41, 5.74) is 0.741. The molecule has 0 saturated heterocycles. The van der Waals surface area contributed by atoms with Crippen molar-refractivity contribution in [3.05, 3.63) is 70.6 Å². The second kappa shape index (κ2) is 8.10. The van der Waals surface area contributed by atoms with Gasteiger partial charge in [0.25, 0.3) is 10.0 Å². The van der Waals surface area contributed by atoms with Gasteiger partial charge in [-0.25, -0.2) is 0 Å². The van der Waals surface area contributed by atoms with Gasteiger partial charge in [0, 0.05) is 10.6 Å². The lowest BCUT2D eigenvalue weighted by molar-refractivity contribution is 0.0919. The summed E-state index contributed by atoms with van der Waals surface area (Å²) >= 11 is 6.94. The first-order valence-electron chi connectivity index (χ1n) is 8.67. The van der Waals surface area contributed by atoms with Crippen molar-refractivity contribution in [2.24, 2.45) is 0 Å². The van der Waals surface area contributed by atoms with Crippen LogP contribution in [0.4, 0.5) is 0 Å². The normalized spacial score (nSPS) is 11.5. The summed E-state index contributed by atoms with van der Waals surface area (Å²) in [7, 11) is -2.41. The SMILES string of the molecule is COc1ccc2c(c1)c(OCC(=O)c1ccc(Cl)cc1)nn2S(=O)(=O)c1cccs1. The van der Waals surface area contributed by atoms with E-state index in [0.717, 1.165) is 15.4 Å². The Kier molecular flexibility index (Phi) is 5.50. The number of aromatic nitrogens is 2. The Bertz CT molecular complexity index is 1310. The zero-order valence-corrected chi connectivity index (χ0v) is 18.0. The number of thiophene rings is 1. The molecule has 0 spiro atoms. The molecule has 154 valence electrons. The van der Waals surface area contributed by atoms with Gasteiger partial charge >= 0.3 is 0 Å². The van der Waals surface area contributed by atoms with Crippen LogP contribution in [0.15, 0.2) is 64.2 Å². The minimum Gasteiger partial charge on any atom is -0.497 e. The Hall–Kier alpha value is -2.88. The van der Waals surface area contributed by atoms with E-state index in [2.05, 4.69) is 5.10 Å². The van der Waals surface area contributed by atoms with Crippen molar-refractivity contribution in [1.29, 1.82) is 0 Å². The quantitative estimate of drug-likeness (QED) is 0.381. The van der Waals surface area contributed by atoms with E-state index in [-0.39, 0.29) is 22.5 Å². The number of benzene rings is 2. The van der Waals surface area contributed by atoms with Crippen molar-refractivity contribution in [2.45, 2.75) is 4.21 Å². The van der Waals surface area contributed by atoms with Crippen molar-refractivity contribution < 1.29 is 22.7 Å². The molecule has 10 heteroatoms. The van der Waals surface area contributed by atoms with Gasteiger partial charge < -0.3 is 9.47 Å². The van der Waals surface area contributed by atoms with Gasteiger partial charge in [-0.05, 0) is 53.9 Å². The van der Waals surface area contributed by atoms with E-state index in [9.17, 15) is 13.2 Å². The zero-order valence-electron chi connectivity index (χ0n) is 15.6. The minimum absolute atomic E-state index is 0.0198. The van der Waals surface area contributed by atoms with Crippen LogP contribution >= 0.6 is 22.9 Å². The van der Waals surface area contributed by atoms with Crippen LogP contribution in [-0.4, -0.2) is 37.1 Å². The lowest BCUT2D eigenvalue weighted by atomic mass is 10.1. The highest BCUT2D eigenvalue weighted by molar-refractivity contribution is 7.92. The van der Waals surface area contributed by atoms with Crippen LogP contribution in [0, 0.1) is 0 Å². The van der Waals surface area contributed by atoms with Crippen molar-refractivity contribution in [2.75, 3.05) is 13.7 Å². The third kappa shape index (κ3) is 3.79. The van der Waals surface area contributed by atoms with Crippen LogP contribution in [0.5, 0.6) is 11.6 Å². The average Bonchev–Trinajstić information content (AvgIpc) is 3.41. The maximum absolute atomic E-state index is 13.0. The summed E-state index contributed by atoms with van der Waals surface area (Å²) in [6, 6.07) is 14.4. The highest BCUT2D eigenvalue weighted by atomic mass is 35.5. The number of halogens is 1. The Morgan fingerprint density at radius 1 is 1.17 bits per heavy atom. The molecule has 7 nitrogen and oxygen atoms in total. The fraction of sp³-hybridized carbons (Fsp3) is 0.100. The molecule has 0 bridgehead atoms. The highest BCUT2D eigenvalue weighted by Gasteiger charge is 2.25. The molecular formula is C20H15ClN2O5S2. The van der Waals surface area contributed by atoms with Gasteiger partial charge in [-0.3, -0.25) is 4.79 Å². The number of Topliss-reactive ketones (excluding diaryl/α,β-unsaturated/α-hetero) is 1. The van der Waals surface area contributed by atoms with Crippen LogP contribution in [-0.2, 0) is 10.0 Å². The molecule has 0 aliphatic heterocycles. The molecule has 2 aromatic heterocycles. The number of hydrogen-bond donors (Lipinski definition) is 0. The molecule has 0 saturated carbocycles. The highest BCUT2D eigenvalue weighted by Crippen LogP contribution is 2.32. The van der Waals surface area contributed by atoms with E-state index in [1.807, 2.05) is 0 Å². The number of fused-ring (bicyclic) bond motifs is 1. The van der Waals surface area contributed by atoms with E-state index < -0.39 is 10.0 Å². The molecule has 2 heterocycles. The van der Waals surface area contributed by atoms with Crippen molar-refractivity contribution >= 4 is 49.6 Å². The number of ether oxygens (including phenoxy) is 2. The van der Waals surface area contributed by atoms with Gasteiger partial charge in [-0.1, -0.05) is 17.7 Å². The number of methoxy groups -OCH3 is 1. The summed E-state index contributed by atoms with van der Waals surface area (Å²) in [6.45, 7) is -0.315. The maximum Gasteiger partial charge on any atom is 0.293 e.